The number of allylic oxidation sites excluding steroid dienone is 2. The molecule has 0 aromatic heterocycles. The van der Waals surface area contributed by atoms with Crippen LogP contribution in [-0.4, -0.2) is 33.6 Å². The van der Waals surface area contributed by atoms with Crippen molar-refractivity contribution in [1.29, 1.82) is 0 Å². The molecule has 24 heavy (non-hydrogen) atoms. The summed E-state index contributed by atoms with van der Waals surface area (Å²) in [5, 5.41) is 0. The van der Waals surface area contributed by atoms with Crippen LogP contribution in [-0.2, 0) is 28.9 Å². The molecule has 0 N–H and O–H groups in total. The van der Waals surface area contributed by atoms with Gasteiger partial charge in [0.05, 0.1) is 18.1 Å². The second-order valence-electron chi connectivity index (χ2n) is 4.83. The van der Waals surface area contributed by atoms with E-state index in [2.05, 4.69) is 0 Å². The molecule has 7 heteroatoms. The third-order valence-electron chi connectivity index (χ3n) is 3.27. The Kier molecular flexibility index (Phi) is 7.64. The smallest absolute Gasteiger partial charge is 0.320 e. The predicted octanol–water partition coefficient (Wildman–Crippen LogP) is 2.50. The Morgan fingerprint density at radius 2 is 1.54 bits per heavy atom. The standard InChI is InChI=1S/C17H22O6S/c1-4-13(24(20,21)14-10-8-7-9-11-14)12-15(16(18)22-5-2)17(19)23-6-3/h4,7-11,15H,5-6,12H2,1-3H3/b13-4+. The normalized spacial score (nSPS) is 12.1. The highest BCUT2D eigenvalue weighted by molar-refractivity contribution is 7.95. The quantitative estimate of drug-likeness (QED) is 0.526. The summed E-state index contributed by atoms with van der Waals surface area (Å²) >= 11 is 0. The minimum atomic E-state index is -3.80. The molecule has 6 nitrogen and oxygen atoms in total. The van der Waals surface area contributed by atoms with Crippen molar-refractivity contribution < 1.29 is 27.5 Å². The molecule has 0 bridgehead atoms. The lowest BCUT2D eigenvalue weighted by atomic mass is 10.1. The van der Waals surface area contributed by atoms with Crippen molar-refractivity contribution in [2.24, 2.45) is 5.92 Å². The second-order valence-corrected chi connectivity index (χ2v) is 6.83. The zero-order chi connectivity index (χ0) is 18.2. The topological polar surface area (TPSA) is 86.7 Å². The van der Waals surface area contributed by atoms with Gasteiger partial charge in [0.1, 0.15) is 0 Å². The summed E-state index contributed by atoms with van der Waals surface area (Å²) in [6.07, 6.45) is 1.08. The molecule has 0 heterocycles. The average molecular weight is 354 g/mol. The van der Waals surface area contributed by atoms with Crippen LogP contribution in [0.15, 0.2) is 46.2 Å². The molecule has 1 rings (SSSR count). The van der Waals surface area contributed by atoms with Gasteiger partial charge in [0.15, 0.2) is 5.92 Å². The third-order valence-corrected chi connectivity index (χ3v) is 5.25. The minimum absolute atomic E-state index is 0.0280. The first-order valence-corrected chi connectivity index (χ1v) is 9.15. The molecule has 132 valence electrons. The Hall–Kier alpha value is -2.15. The van der Waals surface area contributed by atoms with E-state index in [0.717, 1.165) is 0 Å². The van der Waals surface area contributed by atoms with Gasteiger partial charge in [-0.05, 0) is 32.9 Å². The molecule has 0 aliphatic heterocycles. The van der Waals surface area contributed by atoms with Crippen LogP contribution >= 0.6 is 0 Å². The van der Waals surface area contributed by atoms with Crippen molar-refractivity contribution in [1.82, 2.24) is 0 Å². The van der Waals surface area contributed by atoms with Crippen LogP contribution < -0.4 is 0 Å². The van der Waals surface area contributed by atoms with Crippen molar-refractivity contribution in [2.45, 2.75) is 32.1 Å². The molecule has 0 fully saturated rings. The van der Waals surface area contributed by atoms with E-state index < -0.39 is 27.7 Å². The Labute approximate surface area is 142 Å². The van der Waals surface area contributed by atoms with Crippen LogP contribution in [0.25, 0.3) is 0 Å². The van der Waals surface area contributed by atoms with E-state index in [4.69, 9.17) is 9.47 Å². The van der Waals surface area contributed by atoms with Gasteiger partial charge < -0.3 is 9.47 Å². The van der Waals surface area contributed by atoms with Crippen LogP contribution in [0.4, 0.5) is 0 Å². The summed E-state index contributed by atoms with van der Waals surface area (Å²) in [7, 11) is -3.80. The van der Waals surface area contributed by atoms with Crippen molar-refractivity contribution in [3.8, 4) is 0 Å². The van der Waals surface area contributed by atoms with E-state index >= 15 is 0 Å². The minimum Gasteiger partial charge on any atom is -0.465 e. The maximum atomic E-state index is 12.7. The molecule has 0 amide bonds. The van der Waals surface area contributed by atoms with Crippen LogP contribution in [0, 0.1) is 5.92 Å². The van der Waals surface area contributed by atoms with Gasteiger partial charge >= 0.3 is 11.9 Å². The Morgan fingerprint density at radius 3 is 1.96 bits per heavy atom. The molecule has 1 aromatic rings. The van der Waals surface area contributed by atoms with Gasteiger partial charge in [0.25, 0.3) is 0 Å². The molecule has 0 atom stereocenters. The molecule has 0 saturated heterocycles. The van der Waals surface area contributed by atoms with E-state index in [-0.39, 0.29) is 29.4 Å². The summed E-state index contributed by atoms with van der Waals surface area (Å²) in [5.41, 5.74) is 0. The van der Waals surface area contributed by atoms with E-state index in [1.807, 2.05) is 0 Å². The van der Waals surface area contributed by atoms with Gasteiger partial charge in [-0.3, -0.25) is 9.59 Å². The number of carbonyl (C=O) groups is 2. The monoisotopic (exact) mass is 354 g/mol. The van der Waals surface area contributed by atoms with Gasteiger partial charge in [-0.2, -0.15) is 0 Å². The highest BCUT2D eigenvalue weighted by Gasteiger charge is 2.34. The first kappa shape index (κ1) is 19.9. The summed E-state index contributed by atoms with van der Waals surface area (Å²) in [6, 6.07) is 7.84. The molecule has 0 aliphatic rings. The number of benzene rings is 1. The number of hydrogen-bond donors (Lipinski definition) is 0. The molecule has 0 saturated carbocycles. The van der Waals surface area contributed by atoms with Gasteiger partial charge in [0.2, 0.25) is 9.84 Å². The summed E-state index contributed by atoms with van der Waals surface area (Å²) in [5.74, 6) is -2.90. The largest absolute Gasteiger partial charge is 0.465 e. The summed E-state index contributed by atoms with van der Waals surface area (Å²) in [6.45, 7) is 4.94. The molecular formula is C17H22O6S. The first-order chi connectivity index (χ1) is 11.4. The van der Waals surface area contributed by atoms with E-state index in [9.17, 15) is 18.0 Å². The number of rotatable bonds is 8. The number of carbonyl (C=O) groups excluding carboxylic acids is 2. The van der Waals surface area contributed by atoms with Crippen molar-refractivity contribution >= 4 is 21.8 Å². The Morgan fingerprint density at radius 1 is 1.04 bits per heavy atom. The SMILES string of the molecule is C/C=C(\CC(C(=O)OCC)C(=O)OCC)S(=O)(=O)c1ccccc1. The third kappa shape index (κ3) is 4.92. The van der Waals surface area contributed by atoms with Crippen molar-refractivity contribution in [3.63, 3.8) is 0 Å². The van der Waals surface area contributed by atoms with Gasteiger partial charge in [-0.15, -0.1) is 0 Å². The van der Waals surface area contributed by atoms with E-state index in [1.165, 1.54) is 18.2 Å². The number of sulfone groups is 1. The number of esters is 2. The van der Waals surface area contributed by atoms with Gasteiger partial charge in [-0.25, -0.2) is 8.42 Å². The lowest BCUT2D eigenvalue weighted by Gasteiger charge is -2.16. The average Bonchev–Trinajstić information content (AvgIpc) is 2.56. The molecule has 0 radical (unpaired) electrons. The van der Waals surface area contributed by atoms with E-state index in [0.29, 0.717) is 0 Å². The van der Waals surface area contributed by atoms with E-state index in [1.54, 1.807) is 39.0 Å². The van der Waals surface area contributed by atoms with Gasteiger partial charge in [0, 0.05) is 11.3 Å². The van der Waals surface area contributed by atoms with Crippen molar-refractivity contribution in [2.75, 3.05) is 13.2 Å². The summed E-state index contributed by atoms with van der Waals surface area (Å²) < 4.78 is 35.1. The lowest BCUT2D eigenvalue weighted by Crippen LogP contribution is -2.29. The van der Waals surface area contributed by atoms with Crippen LogP contribution in [0.3, 0.4) is 0 Å². The fraction of sp³-hybridized carbons (Fsp3) is 0.412. The van der Waals surface area contributed by atoms with Crippen molar-refractivity contribution in [3.05, 3.63) is 41.3 Å². The molecule has 0 aliphatic carbocycles. The van der Waals surface area contributed by atoms with Crippen LogP contribution in [0.5, 0.6) is 0 Å². The zero-order valence-corrected chi connectivity index (χ0v) is 14.8. The molecule has 0 unspecified atom stereocenters. The fourth-order valence-corrected chi connectivity index (χ4v) is 3.60. The zero-order valence-electron chi connectivity index (χ0n) is 14.0. The maximum absolute atomic E-state index is 12.7. The van der Waals surface area contributed by atoms with Gasteiger partial charge in [-0.1, -0.05) is 24.3 Å². The molecule has 0 spiro atoms. The number of ether oxygens (including phenoxy) is 2. The number of hydrogen-bond acceptors (Lipinski definition) is 6. The lowest BCUT2D eigenvalue weighted by molar-refractivity contribution is -0.161. The Bertz CT molecular complexity index is 673. The Balaban J connectivity index is 3.14. The van der Waals surface area contributed by atoms with Crippen LogP contribution in [0.1, 0.15) is 27.2 Å². The highest BCUT2D eigenvalue weighted by atomic mass is 32.2. The highest BCUT2D eigenvalue weighted by Crippen LogP contribution is 2.26. The molecule has 1 aromatic carbocycles. The molecular weight excluding hydrogens is 332 g/mol. The van der Waals surface area contributed by atoms with Crippen LogP contribution in [0.2, 0.25) is 0 Å². The summed E-state index contributed by atoms with van der Waals surface area (Å²) in [4.78, 5) is 24.1. The second kappa shape index (κ2) is 9.22. The predicted molar refractivity (Wildman–Crippen MR) is 88.8 cm³/mol. The maximum Gasteiger partial charge on any atom is 0.320 e. The first-order valence-electron chi connectivity index (χ1n) is 7.67. The fourth-order valence-electron chi connectivity index (χ4n) is 2.08.